The average molecular weight is 289 g/mol. The van der Waals surface area contributed by atoms with Crippen molar-refractivity contribution in [3.05, 3.63) is 29.6 Å². The van der Waals surface area contributed by atoms with Gasteiger partial charge in [0, 0.05) is 12.6 Å². The van der Waals surface area contributed by atoms with Crippen LogP contribution in [0.4, 0.5) is 4.39 Å². The molecule has 0 heterocycles. The quantitative estimate of drug-likeness (QED) is 0.899. The lowest BCUT2D eigenvalue weighted by Crippen LogP contribution is -2.37. The summed E-state index contributed by atoms with van der Waals surface area (Å²) in [6.45, 7) is 5.15. The third-order valence-corrected chi connectivity index (χ3v) is 4.82. The molecule has 0 aliphatic rings. The van der Waals surface area contributed by atoms with E-state index in [2.05, 4.69) is 0 Å². The van der Waals surface area contributed by atoms with Gasteiger partial charge in [-0.1, -0.05) is 6.92 Å². The molecular formula is C12H16FNO4S. The van der Waals surface area contributed by atoms with Crippen molar-refractivity contribution >= 4 is 16.0 Å². The molecule has 0 atom stereocenters. The predicted octanol–water partition coefficient (Wildman–Crippen LogP) is 1.94. The summed E-state index contributed by atoms with van der Waals surface area (Å²) >= 11 is 0. The van der Waals surface area contributed by atoms with E-state index < -0.39 is 26.7 Å². The van der Waals surface area contributed by atoms with E-state index in [1.807, 2.05) is 0 Å². The Hall–Kier alpha value is -1.47. The Labute approximate surface area is 111 Å². The van der Waals surface area contributed by atoms with Crippen molar-refractivity contribution in [2.75, 3.05) is 6.54 Å². The standard InChI is InChI=1S/C12H16FNO4S/c1-4-14(8(2)3)19(17,18)11-7-9(12(15)16)5-6-10(11)13/h5-8H,4H2,1-3H3,(H,15,16). The molecule has 7 heteroatoms. The number of hydrogen-bond acceptors (Lipinski definition) is 3. The van der Waals surface area contributed by atoms with Crippen LogP contribution in [0.15, 0.2) is 23.1 Å². The molecule has 0 radical (unpaired) electrons. The second kappa shape index (κ2) is 5.66. The fraction of sp³-hybridized carbons (Fsp3) is 0.417. The molecule has 0 aliphatic heterocycles. The number of nitrogens with zero attached hydrogens (tertiary/aromatic N) is 1. The minimum Gasteiger partial charge on any atom is -0.478 e. The van der Waals surface area contributed by atoms with Crippen molar-refractivity contribution in [1.82, 2.24) is 4.31 Å². The van der Waals surface area contributed by atoms with Crippen LogP contribution < -0.4 is 0 Å². The Kier molecular flexibility index (Phi) is 4.65. The minimum absolute atomic E-state index is 0.177. The van der Waals surface area contributed by atoms with Gasteiger partial charge in [0.1, 0.15) is 10.7 Å². The summed E-state index contributed by atoms with van der Waals surface area (Å²) < 4.78 is 39.4. The molecule has 0 amide bonds. The number of carboxylic acid groups (broad SMARTS) is 1. The summed E-state index contributed by atoms with van der Waals surface area (Å²) in [5, 5.41) is 8.84. The van der Waals surface area contributed by atoms with Crippen molar-refractivity contribution in [3.8, 4) is 0 Å². The third-order valence-electron chi connectivity index (χ3n) is 2.65. The van der Waals surface area contributed by atoms with Gasteiger partial charge in [0.2, 0.25) is 10.0 Å². The van der Waals surface area contributed by atoms with Gasteiger partial charge in [-0.2, -0.15) is 4.31 Å². The van der Waals surface area contributed by atoms with Gasteiger partial charge in [0.05, 0.1) is 5.56 Å². The van der Waals surface area contributed by atoms with Gasteiger partial charge < -0.3 is 5.11 Å². The predicted molar refractivity (Wildman–Crippen MR) is 68.1 cm³/mol. The molecule has 19 heavy (non-hydrogen) atoms. The molecule has 0 bridgehead atoms. The number of aromatic carboxylic acids is 1. The van der Waals surface area contributed by atoms with Gasteiger partial charge in [-0.25, -0.2) is 17.6 Å². The zero-order valence-electron chi connectivity index (χ0n) is 10.9. The maximum absolute atomic E-state index is 13.7. The maximum atomic E-state index is 13.7. The summed E-state index contributed by atoms with van der Waals surface area (Å²) in [7, 11) is -4.04. The number of carbonyl (C=O) groups is 1. The molecule has 0 fully saturated rings. The maximum Gasteiger partial charge on any atom is 0.335 e. The molecule has 0 spiro atoms. The number of halogens is 1. The van der Waals surface area contributed by atoms with E-state index in [1.54, 1.807) is 20.8 Å². The molecule has 0 aliphatic carbocycles. The van der Waals surface area contributed by atoms with E-state index in [4.69, 9.17) is 5.11 Å². The van der Waals surface area contributed by atoms with Crippen LogP contribution in [0.25, 0.3) is 0 Å². The number of rotatable bonds is 5. The van der Waals surface area contributed by atoms with Crippen molar-refractivity contribution in [2.24, 2.45) is 0 Å². The molecule has 1 aromatic rings. The molecule has 0 saturated carbocycles. The van der Waals surface area contributed by atoms with Crippen LogP contribution in [0, 0.1) is 5.82 Å². The zero-order valence-corrected chi connectivity index (χ0v) is 11.7. The largest absolute Gasteiger partial charge is 0.478 e. The molecular weight excluding hydrogens is 273 g/mol. The fourth-order valence-electron chi connectivity index (χ4n) is 1.77. The Morgan fingerprint density at radius 3 is 2.42 bits per heavy atom. The Bertz CT molecular complexity index is 583. The van der Waals surface area contributed by atoms with Crippen LogP contribution >= 0.6 is 0 Å². The number of hydrogen-bond donors (Lipinski definition) is 1. The Morgan fingerprint density at radius 1 is 1.42 bits per heavy atom. The van der Waals surface area contributed by atoms with Crippen molar-refractivity contribution < 1.29 is 22.7 Å². The highest BCUT2D eigenvalue weighted by atomic mass is 32.2. The first-order chi connectivity index (χ1) is 8.71. The van der Waals surface area contributed by atoms with Crippen LogP contribution in [0.5, 0.6) is 0 Å². The molecule has 1 aromatic carbocycles. The first-order valence-electron chi connectivity index (χ1n) is 5.76. The van der Waals surface area contributed by atoms with E-state index in [0.29, 0.717) is 0 Å². The molecule has 106 valence electrons. The van der Waals surface area contributed by atoms with E-state index in [9.17, 15) is 17.6 Å². The van der Waals surface area contributed by atoms with Crippen molar-refractivity contribution in [3.63, 3.8) is 0 Å². The van der Waals surface area contributed by atoms with Gasteiger partial charge in [-0.05, 0) is 32.0 Å². The molecule has 0 aromatic heterocycles. The van der Waals surface area contributed by atoms with Crippen molar-refractivity contribution in [2.45, 2.75) is 31.7 Å². The van der Waals surface area contributed by atoms with Crippen LogP contribution in [0.1, 0.15) is 31.1 Å². The van der Waals surface area contributed by atoms with E-state index in [-0.39, 0.29) is 18.2 Å². The SMILES string of the molecule is CCN(C(C)C)S(=O)(=O)c1cc(C(=O)O)ccc1F. The van der Waals surface area contributed by atoms with Gasteiger partial charge in [-0.15, -0.1) is 0 Å². The second-order valence-electron chi connectivity index (χ2n) is 4.25. The lowest BCUT2D eigenvalue weighted by atomic mass is 10.2. The molecule has 0 saturated heterocycles. The van der Waals surface area contributed by atoms with Crippen LogP contribution in [-0.2, 0) is 10.0 Å². The van der Waals surface area contributed by atoms with Crippen molar-refractivity contribution in [1.29, 1.82) is 0 Å². The molecule has 5 nitrogen and oxygen atoms in total. The summed E-state index contributed by atoms with van der Waals surface area (Å²) in [6, 6.07) is 2.38. The number of benzene rings is 1. The second-order valence-corrected chi connectivity index (χ2v) is 6.11. The highest BCUT2D eigenvalue weighted by molar-refractivity contribution is 7.89. The van der Waals surface area contributed by atoms with Crippen LogP contribution in [-0.4, -0.2) is 36.4 Å². The summed E-state index contributed by atoms with van der Waals surface area (Å²) in [5.74, 6) is -2.26. The highest BCUT2D eigenvalue weighted by Gasteiger charge is 2.29. The van der Waals surface area contributed by atoms with E-state index in [0.717, 1.165) is 22.5 Å². The molecule has 1 rings (SSSR count). The van der Waals surface area contributed by atoms with Gasteiger partial charge in [0.15, 0.2) is 0 Å². The Morgan fingerprint density at radius 2 is 2.00 bits per heavy atom. The summed E-state index contributed by atoms with van der Waals surface area (Å²) in [5.41, 5.74) is -0.264. The monoisotopic (exact) mass is 289 g/mol. The van der Waals surface area contributed by atoms with E-state index >= 15 is 0 Å². The lowest BCUT2D eigenvalue weighted by molar-refractivity contribution is 0.0696. The molecule has 1 N–H and O–H groups in total. The number of carboxylic acids is 1. The smallest absolute Gasteiger partial charge is 0.335 e. The zero-order chi connectivity index (χ0) is 14.8. The third kappa shape index (κ3) is 3.10. The molecule has 0 unspecified atom stereocenters. The average Bonchev–Trinajstić information content (AvgIpc) is 2.28. The van der Waals surface area contributed by atoms with Gasteiger partial charge in [-0.3, -0.25) is 0 Å². The number of sulfonamides is 1. The minimum atomic E-state index is -4.04. The normalized spacial score (nSPS) is 12.1. The summed E-state index contributed by atoms with van der Waals surface area (Å²) in [4.78, 5) is 10.2. The highest BCUT2D eigenvalue weighted by Crippen LogP contribution is 2.22. The van der Waals surface area contributed by atoms with Gasteiger partial charge >= 0.3 is 5.97 Å². The first kappa shape index (κ1) is 15.6. The first-order valence-corrected chi connectivity index (χ1v) is 7.20. The van der Waals surface area contributed by atoms with Crippen LogP contribution in [0.3, 0.4) is 0 Å². The van der Waals surface area contributed by atoms with Gasteiger partial charge in [0.25, 0.3) is 0 Å². The van der Waals surface area contributed by atoms with E-state index in [1.165, 1.54) is 0 Å². The lowest BCUT2D eigenvalue weighted by Gasteiger charge is -2.24. The fourth-order valence-corrected chi connectivity index (χ4v) is 3.51. The van der Waals surface area contributed by atoms with Crippen LogP contribution in [0.2, 0.25) is 0 Å². The summed E-state index contributed by atoms with van der Waals surface area (Å²) in [6.07, 6.45) is 0. The Balaban J connectivity index is 3.43. The topological polar surface area (TPSA) is 74.7 Å².